The van der Waals surface area contributed by atoms with Crippen LogP contribution in [0.5, 0.6) is 11.6 Å². The number of rotatable bonds is 4. The second kappa shape index (κ2) is 5.38. The Morgan fingerprint density at radius 3 is 2.75 bits per heavy atom. The highest BCUT2D eigenvalue weighted by molar-refractivity contribution is 9.10. The number of nitrogens with zero attached hydrogens (tertiary/aromatic N) is 2. The first-order valence-electron chi connectivity index (χ1n) is 6.45. The van der Waals surface area contributed by atoms with E-state index in [1.54, 1.807) is 6.07 Å². The first-order valence-corrected chi connectivity index (χ1v) is 7.24. The first-order chi connectivity index (χ1) is 9.65. The fourth-order valence-corrected chi connectivity index (χ4v) is 2.41. The van der Waals surface area contributed by atoms with E-state index in [-0.39, 0.29) is 0 Å². The molecule has 3 N–H and O–H groups in total. The number of hydrogen-bond acceptors (Lipinski definition) is 5. The van der Waals surface area contributed by atoms with Gasteiger partial charge < -0.3 is 10.2 Å². The van der Waals surface area contributed by atoms with Gasteiger partial charge in [-0.25, -0.2) is 10.8 Å². The molecule has 2 aromatic rings. The Morgan fingerprint density at radius 2 is 2.10 bits per heavy atom. The van der Waals surface area contributed by atoms with Crippen molar-refractivity contribution in [2.45, 2.75) is 25.7 Å². The van der Waals surface area contributed by atoms with Crippen molar-refractivity contribution in [3.05, 3.63) is 40.1 Å². The lowest BCUT2D eigenvalue weighted by Gasteiger charge is -2.10. The Kier molecular flexibility index (Phi) is 3.58. The van der Waals surface area contributed by atoms with Gasteiger partial charge in [-0.05, 0) is 43.5 Å². The monoisotopic (exact) mass is 334 g/mol. The van der Waals surface area contributed by atoms with E-state index in [0.717, 1.165) is 34.5 Å². The van der Waals surface area contributed by atoms with Crippen molar-refractivity contribution in [2.24, 2.45) is 5.84 Å². The van der Waals surface area contributed by atoms with E-state index in [1.807, 2.05) is 25.1 Å². The van der Waals surface area contributed by atoms with E-state index in [0.29, 0.717) is 17.6 Å². The third-order valence-electron chi connectivity index (χ3n) is 3.16. The number of hydrazine groups is 1. The predicted molar refractivity (Wildman–Crippen MR) is 80.8 cm³/mol. The fraction of sp³-hybridized carbons (Fsp3) is 0.286. The van der Waals surface area contributed by atoms with Crippen LogP contribution in [0.1, 0.15) is 30.1 Å². The number of nitrogens with one attached hydrogen (secondary N) is 1. The molecule has 20 heavy (non-hydrogen) atoms. The molecule has 0 bridgehead atoms. The topological polar surface area (TPSA) is 73.1 Å². The van der Waals surface area contributed by atoms with Crippen molar-refractivity contribution < 1.29 is 4.74 Å². The molecule has 0 amide bonds. The summed E-state index contributed by atoms with van der Waals surface area (Å²) in [4.78, 5) is 8.82. The number of benzene rings is 1. The average Bonchev–Trinajstić information content (AvgIpc) is 3.26. The van der Waals surface area contributed by atoms with Crippen molar-refractivity contribution in [3.8, 4) is 11.6 Å². The largest absolute Gasteiger partial charge is 0.439 e. The highest BCUT2D eigenvalue weighted by Crippen LogP contribution is 2.39. The number of nitrogens with two attached hydrogens (primary N) is 1. The molecule has 5 nitrogen and oxygen atoms in total. The van der Waals surface area contributed by atoms with Gasteiger partial charge in [0.05, 0.1) is 0 Å². The maximum absolute atomic E-state index is 5.86. The van der Waals surface area contributed by atoms with Crippen LogP contribution in [0.4, 0.5) is 5.82 Å². The number of halogens is 1. The highest BCUT2D eigenvalue weighted by Gasteiger charge is 2.27. The molecule has 0 saturated heterocycles. The van der Waals surface area contributed by atoms with Crippen LogP contribution in [0.15, 0.2) is 28.7 Å². The van der Waals surface area contributed by atoms with Crippen LogP contribution in [0, 0.1) is 6.92 Å². The van der Waals surface area contributed by atoms with Gasteiger partial charge in [-0.1, -0.05) is 15.9 Å². The summed E-state index contributed by atoms with van der Waals surface area (Å²) >= 11 is 3.44. The van der Waals surface area contributed by atoms with Gasteiger partial charge in [-0.3, -0.25) is 0 Å². The molecule has 1 aromatic heterocycles. The molecular formula is C14H15BrN4O. The normalized spacial score (nSPS) is 14.2. The number of anilines is 1. The van der Waals surface area contributed by atoms with E-state index < -0.39 is 0 Å². The molecular weight excluding hydrogens is 320 g/mol. The Bertz CT molecular complexity index is 643. The summed E-state index contributed by atoms with van der Waals surface area (Å²) in [7, 11) is 0. The molecule has 0 radical (unpaired) electrons. The second-order valence-corrected chi connectivity index (χ2v) is 5.80. The Morgan fingerprint density at radius 1 is 1.30 bits per heavy atom. The van der Waals surface area contributed by atoms with Gasteiger partial charge in [0.25, 0.3) is 0 Å². The van der Waals surface area contributed by atoms with Crippen LogP contribution in [0.25, 0.3) is 0 Å². The van der Waals surface area contributed by atoms with Gasteiger partial charge in [0.2, 0.25) is 5.88 Å². The lowest BCUT2D eigenvalue weighted by Crippen LogP contribution is -2.10. The molecule has 0 aliphatic heterocycles. The maximum Gasteiger partial charge on any atom is 0.224 e. The Hall–Kier alpha value is -1.66. The van der Waals surface area contributed by atoms with Gasteiger partial charge in [0.1, 0.15) is 17.4 Å². The second-order valence-electron chi connectivity index (χ2n) is 4.88. The number of aryl methyl sites for hydroxylation is 1. The minimum absolute atomic E-state index is 0.441. The minimum atomic E-state index is 0.441. The Labute approximate surface area is 125 Å². The third-order valence-corrected chi connectivity index (χ3v) is 3.66. The fourth-order valence-electron chi connectivity index (χ4n) is 1.93. The summed E-state index contributed by atoms with van der Waals surface area (Å²) in [5.41, 5.74) is 3.60. The SMILES string of the molecule is Cc1cc(Br)ccc1Oc1cc(NN)nc(C2CC2)n1. The van der Waals surface area contributed by atoms with Crippen molar-refractivity contribution in [3.63, 3.8) is 0 Å². The predicted octanol–water partition coefficient (Wildman–Crippen LogP) is 3.50. The van der Waals surface area contributed by atoms with Crippen molar-refractivity contribution >= 4 is 21.7 Å². The Balaban J connectivity index is 1.91. The van der Waals surface area contributed by atoms with Gasteiger partial charge in [0.15, 0.2) is 0 Å². The molecule has 0 spiro atoms. The molecule has 1 aliphatic rings. The van der Waals surface area contributed by atoms with Crippen LogP contribution in [-0.4, -0.2) is 9.97 Å². The number of hydrogen-bond donors (Lipinski definition) is 2. The third kappa shape index (κ3) is 2.91. The minimum Gasteiger partial charge on any atom is -0.439 e. The van der Waals surface area contributed by atoms with Gasteiger partial charge >= 0.3 is 0 Å². The summed E-state index contributed by atoms with van der Waals surface area (Å²) in [6.45, 7) is 1.99. The standard InChI is InChI=1S/C14H15BrN4O/c1-8-6-10(15)4-5-11(8)20-13-7-12(19-16)17-14(18-13)9-2-3-9/h4-7,9H,2-3,16H2,1H3,(H,17,18,19). The molecule has 0 unspecified atom stereocenters. The van der Waals surface area contributed by atoms with E-state index >= 15 is 0 Å². The lowest BCUT2D eigenvalue weighted by molar-refractivity contribution is 0.455. The van der Waals surface area contributed by atoms with Crippen LogP contribution >= 0.6 is 15.9 Å². The molecule has 0 atom stereocenters. The molecule has 3 rings (SSSR count). The molecule has 1 saturated carbocycles. The summed E-state index contributed by atoms with van der Waals surface area (Å²) < 4.78 is 6.88. The summed E-state index contributed by atoms with van der Waals surface area (Å²) in [5, 5.41) is 0. The zero-order valence-corrected chi connectivity index (χ0v) is 12.6. The first kappa shape index (κ1) is 13.3. The summed E-state index contributed by atoms with van der Waals surface area (Å²) in [6.07, 6.45) is 2.26. The molecule has 1 fully saturated rings. The van der Waals surface area contributed by atoms with E-state index in [9.17, 15) is 0 Å². The van der Waals surface area contributed by atoms with E-state index in [1.165, 1.54) is 0 Å². The van der Waals surface area contributed by atoms with Crippen LogP contribution in [-0.2, 0) is 0 Å². The van der Waals surface area contributed by atoms with Gasteiger partial charge in [-0.15, -0.1) is 0 Å². The number of ether oxygens (including phenoxy) is 1. The van der Waals surface area contributed by atoms with Crippen molar-refractivity contribution in [1.29, 1.82) is 0 Å². The van der Waals surface area contributed by atoms with Gasteiger partial charge in [-0.2, -0.15) is 4.98 Å². The molecule has 1 aliphatic carbocycles. The van der Waals surface area contributed by atoms with Gasteiger partial charge in [0, 0.05) is 16.5 Å². The summed E-state index contributed by atoms with van der Waals surface area (Å²) in [6, 6.07) is 7.55. The average molecular weight is 335 g/mol. The molecule has 1 aromatic carbocycles. The molecule has 104 valence electrons. The molecule has 1 heterocycles. The summed E-state index contributed by atoms with van der Waals surface area (Å²) in [5.74, 6) is 8.55. The van der Waals surface area contributed by atoms with Crippen molar-refractivity contribution in [2.75, 3.05) is 5.43 Å². The van der Waals surface area contributed by atoms with Crippen molar-refractivity contribution in [1.82, 2.24) is 9.97 Å². The zero-order chi connectivity index (χ0) is 14.1. The smallest absolute Gasteiger partial charge is 0.224 e. The maximum atomic E-state index is 5.86. The number of nitrogen functional groups attached to an aromatic ring is 1. The van der Waals surface area contributed by atoms with Crippen LogP contribution in [0.3, 0.4) is 0 Å². The molecule has 6 heteroatoms. The number of aromatic nitrogens is 2. The quantitative estimate of drug-likeness (QED) is 0.661. The van der Waals surface area contributed by atoms with Crippen LogP contribution < -0.4 is 16.0 Å². The van der Waals surface area contributed by atoms with Crippen LogP contribution in [0.2, 0.25) is 0 Å². The van der Waals surface area contributed by atoms with E-state index in [4.69, 9.17) is 10.6 Å². The van der Waals surface area contributed by atoms with E-state index in [2.05, 4.69) is 31.3 Å². The zero-order valence-electron chi connectivity index (χ0n) is 11.1. The lowest BCUT2D eigenvalue weighted by atomic mass is 10.2. The highest BCUT2D eigenvalue weighted by atomic mass is 79.9.